The lowest BCUT2D eigenvalue weighted by Gasteiger charge is -2.65. The molecule has 4 rings (SSSR count). The molecule has 1 N–H and O–H groups in total. The van der Waals surface area contributed by atoms with Gasteiger partial charge in [-0.05, 0) is 98.3 Å². The highest BCUT2D eigenvalue weighted by Crippen LogP contribution is 2.69. The molecule has 1 aromatic carbocycles. The monoisotopic (exact) mass is 400 g/mol. The average Bonchev–Trinajstić information content (AvgIpc) is 2.68. The highest BCUT2D eigenvalue weighted by atomic mass is 35.5. The first-order valence-corrected chi connectivity index (χ1v) is 11.4. The van der Waals surface area contributed by atoms with E-state index in [9.17, 15) is 5.11 Å². The summed E-state index contributed by atoms with van der Waals surface area (Å²) in [6.07, 6.45) is 12.0. The minimum absolute atomic E-state index is 0.197. The van der Waals surface area contributed by atoms with E-state index in [4.69, 9.17) is 16.3 Å². The Morgan fingerprint density at radius 3 is 2.79 bits per heavy atom. The summed E-state index contributed by atoms with van der Waals surface area (Å²) < 4.78 is 6.19. The number of rotatable bonds is 8. The Morgan fingerprint density at radius 2 is 2.14 bits per heavy atom. The number of fused-ring (bicyclic) bond motifs is 1. The molecule has 0 radical (unpaired) electrons. The molecule has 1 aromatic rings. The predicted molar refractivity (Wildman–Crippen MR) is 116 cm³/mol. The topological polar surface area (TPSA) is 29.5 Å². The van der Waals surface area contributed by atoms with Crippen LogP contribution in [0.25, 0.3) is 0 Å². The maximum atomic E-state index is 9.29. The number of halogens is 1. The van der Waals surface area contributed by atoms with Gasteiger partial charge in [0.2, 0.25) is 0 Å². The van der Waals surface area contributed by atoms with Crippen LogP contribution in [0.3, 0.4) is 0 Å². The summed E-state index contributed by atoms with van der Waals surface area (Å²) >= 11 is 6.42. The number of ether oxygens (including phenoxy) is 1. The van der Waals surface area contributed by atoms with Crippen LogP contribution in [-0.4, -0.2) is 11.7 Å². The molecule has 152 valence electrons. The molecule has 0 heterocycles. The van der Waals surface area contributed by atoms with Gasteiger partial charge < -0.3 is 9.84 Å². The first kappa shape index (κ1) is 19.9. The van der Waals surface area contributed by atoms with Crippen LogP contribution in [-0.2, 0) is 6.42 Å². The molecular weight excluding hydrogens is 368 g/mol. The van der Waals surface area contributed by atoms with Crippen molar-refractivity contribution in [3.63, 3.8) is 0 Å². The number of allylic oxidation sites excluding steroid dienone is 2. The van der Waals surface area contributed by atoms with E-state index in [1.165, 1.54) is 51.4 Å². The molecule has 0 aliphatic heterocycles. The van der Waals surface area contributed by atoms with Crippen molar-refractivity contribution in [1.82, 2.24) is 0 Å². The Bertz CT molecular complexity index is 777. The van der Waals surface area contributed by atoms with Gasteiger partial charge in [-0.15, -0.1) is 0 Å². The van der Waals surface area contributed by atoms with E-state index in [1.54, 1.807) is 11.1 Å². The highest BCUT2D eigenvalue weighted by Gasteiger charge is 2.60. The molecule has 3 heteroatoms. The first-order chi connectivity index (χ1) is 13.5. The van der Waals surface area contributed by atoms with Crippen LogP contribution in [0.5, 0.6) is 5.75 Å². The fraction of sp³-hybridized carbons (Fsp3) is 0.600. The highest BCUT2D eigenvalue weighted by molar-refractivity contribution is 6.31. The van der Waals surface area contributed by atoms with Gasteiger partial charge in [0.1, 0.15) is 12.4 Å². The van der Waals surface area contributed by atoms with Crippen LogP contribution in [0.15, 0.2) is 41.7 Å². The number of aliphatic hydroxyl groups is 1. The van der Waals surface area contributed by atoms with E-state index in [-0.39, 0.29) is 5.76 Å². The molecular formula is C25H33ClO2. The summed E-state index contributed by atoms with van der Waals surface area (Å²) in [7, 11) is 0. The molecule has 0 saturated heterocycles. The molecule has 2 saturated carbocycles. The van der Waals surface area contributed by atoms with Crippen LogP contribution in [0.1, 0.15) is 70.3 Å². The van der Waals surface area contributed by atoms with Gasteiger partial charge in [0, 0.05) is 11.4 Å². The predicted octanol–water partition coefficient (Wildman–Crippen LogP) is 7.42. The lowest BCUT2D eigenvalue weighted by molar-refractivity contribution is -0.129. The van der Waals surface area contributed by atoms with Crippen molar-refractivity contribution in [2.75, 3.05) is 6.61 Å². The third-order valence-electron chi connectivity index (χ3n) is 7.81. The molecule has 28 heavy (non-hydrogen) atoms. The molecule has 0 amide bonds. The minimum atomic E-state index is 0.197. The zero-order valence-corrected chi connectivity index (χ0v) is 17.9. The third-order valence-corrected chi connectivity index (χ3v) is 8.17. The van der Waals surface area contributed by atoms with Crippen LogP contribution < -0.4 is 4.74 Å². The summed E-state index contributed by atoms with van der Waals surface area (Å²) in [5.41, 5.74) is 4.97. The number of hydrogen-bond donors (Lipinski definition) is 1. The minimum Gasteiger partial charge on any atom is -0.513 e. The standard InChI is InChI=1S/C25H33ClO2/c1-3-25-13-12-20(25)14-23(25)22-7-5-4-6-19(22)16-28-21-11-10-18(24(26)15-21)9-8-17(2)27/h10-11,15,20,23,27H,2-9,12-14,16H2,1H3. The van der Waals surface area contributed by atoms with Gasteiger partial charge in [-0.2, -0.15) is 0 Å². The first-order valence-electron chi connectivity index (χ1n) is 11.0. The molecule has 2 nitrogen and oxygen atoms in total. The van der Waals surface area contributed by atoms with Crippen molar-refractivity contribution in [2.24, 2.45) is 17.3 Å². The van der Waals surface area contributed by atoms with E-state index in [1.807, 2.05) is 18.2 Å². The van der Waals surface area contributed by atoms with Crippen molar-refractivity contribution in [1.29, 1.82) is 0 Å². The van der Waals surface area contributed by atoms with Gasteiger partial charge in [-0.3, -0.25) is 0 Å². The maximum absolute atomic E-state index is 9.29. The smallest absolute Gasteiger partial charge is 0.121 e. The zero-order chi connectivity index (χ0) is 19.7. The van der Waals surface area contributed by atoms with E-state index in [2.05, 4.69) is 13.5 Å². The van der Waals surface area contributed by atoms with E-state index < -0.39 is 0 Å². The van der Waals surface area contributed by atoms with Crippen molar-refractivity contribution in [3.8, 4) is 5.75 Å². The van der Waals surface area contributed by atoms with E-state index >= 15 is 0 Å². The average molecular weight is 401 g/mol. The van der Waals surface area contributed by atoms with Crippen molar-refractivity contribution in [2.45, 2.75) is 71.1 Å². The van der Waals surface area contributed by atoms with Crippen molar-refractivity contribution in [3.05, 3.63) is 52.3 Å². The summed E-state index contributed by atoms with van der Waals surface area (Å²) in [4.78, 5) is 0. The van der Waals surface area contributed by atoms with E-state index in [0.717, 1.165) is 23.1 Å². The second-order valence-electron chi connectivity index (χ2n) is 9.05. The van der Waals surface area contributed by atoms with Crippen molar-refractivity contribution >= 4 is 11.6 Å². The number of aryl methyl sites for hydroxylation is 1. The van der Waals surface area contributed by atoms with Crippen LogP contribution >= 0.6 is 11.6 Å². The Hall–Kier alpha value is -1.41. The second kappa shape index (κ2) is 8.14. The fourth-order valence-electron chi connectivity index (χ4n) is 5.94. The van der Waals surface area contributed by atoms with Gasteiger partial charge in [-0.25, -0.2) is 0 Å². The van der Waals surface area contributed by atoms with Gasteiger partial charge >= 0.3 is 0 Å². The van der Waals surface area contributed by atoms with Crippen molar-refractivity contribution < 1.29 is 9.84 Å². The molecule has 2 fully saturated rings. The summed E-state index contributed by atoms with van der Waals surface area (Å²) in [5, 5.41) is 10.00. The SMILES string of the molecule is C=C(O)CCc1ccc(OCC2=C(C3CC4CCC43CC)CCCC2)cc1Cl. The van der Waals surface area contributed by atoms with Gasteiger partial charge in [0.15, 0.2) is 0 Å². The molecule has 0 spiro atoms. The van der Waals surface area contributed by atoms with Crippen LogP contribution in [0.2, 0.25) is 5.02 Å². The van der Waals surface area contributed by atoms with Gasteiger partial charge in [0.05, 0.1) is 5.76 Å². The largest absolute Gasteiger partial charge is 0.513 e. The number of aliphatic hydroxyl groups excluding tert-OH is 1. The quantitative estimate of drug-likeness (QED) is 0.363. The Labute approximate surface area is 174 Å². The Balaban J connectivity index is 1.43. The summed E-state index contributed by atoms with van der Waals surface area (Å²) in [6.45, 7) is 6.64. The second-order valence-corrected chi connectivity index (χ2v) is 9.46. The lowest BCUT2D eigenvalue weighted by Crippen LogP contribution is -2.56. The molecule has 3 unspecified atom stereocenters. The van der Waals surface area contributed by atoms with Crippen LogP contribution in [0.4, 0.5) is 0 Å². The Kier molecular flexibility index (Phi) is 5.78. The lowest BCUT2D eigenvalue weighted by atomic mass is 9.39. The van der Waals surface area contributed by atoms with Crippen LogP contribution in [0, 0.1) is 17.3 Å². The number of hydrogen-bond acceptors (Lipinski definition) is 2. The zero-order valence-electron chi connectivity index (χ0n) is 17.1. The normalized spacial score (nSPS) is 28.9. The van der Waals surface area contributed by atoms with Gasteiger partial charge in [0.25, 0.3) is 0 Å². The third kappa shape index (κ3) is 3.61. The Morgan fingerprint density at radius 1 is 1.32 bits per heavy atom. The summed E-state index contributed by atoms with van der Waals surface area (Å²) in [5.74, 6) is 2.87. The fourth-order valence-corrected chi connectivity index (χ4v) is 6.20. The number of benzene rings is 1. The summed E-state index contributed by atoms with van der Waals surface area (Å²) in [6, 6.07) is 5.93. The molecule has 3 aliphatic rings. The molecule has 0 aromatic heterocycles. The molecule has 3 atom stereocenters. The van der Waals surface area contributed by atoms with E-state index in [0.29, 0.717) is 29.9 Å². The molecule has 0 bridgehead atoms. The van der Waals surface area contributed by atoms with Gasteiger partial charge in [-0.1, -0.05) is 36.7 Å². The maximum Gasteiger partial charge on any atom is 0.121 e. The molecule has 3 aliphatic carbocycles.